The lowest BCUT2D eigenvalue weighted by Gasteiger charge is -2.33. The summed E-state index contributed by atoms with van der Waals surface area (Å²) in [5.74, 6) is 1.65. The molecular formula is C20H35N3O2. The number of hydrogen-bond donors (Lipinski definition) is 1. The van der Waals surface area contributed by atoms with Gasteiger partial charge in [0.1, 0.15) is 0 Å². The van der Waals surface area contributed by atoms with Crippen molar-refractivity contribution in [3.8, 4) is 0 Å². The first-order chi connectivity index (χ1) is 12.3. The van der Waals surface area contributed by atoms with Crippen LogP contribution >= 0.6 is 0 Å². The van der Waals surface area contributed by atoms with Gasteiger partial charge in [-0.05, 0) is 37.5 Å². The normalized spacial score (nSPS) is 33.0. The molecule has 0 spiro atoms. The average Bonchev–Trinajstić information content (AvgIpc) is 3.46. The van der Waals surface area contributed by atoms with Crippen molar-refractivity contribution in [2.45, 2.75) is 69.9 Å². The second kappa shape index (κ2) is 8.26. The van der Waals surface area contributed by atoms with Gasteiger partial charge in [-0.1, -0.05) is 32.1 Å². The van der Waals surface area contributed by atoms with Gasteiger partial charge >= 0.3 is 6.03 Å². The van der Waals surface area contributed by atoms with E-state index in [4.69, 9.17) is 4.74 Å². The summed E-state index contributed by atoms with van der Waals surface area (Å²) in [7, 11) is 0. The Hall–Kier alpha value is -0.810. The Balaban J connectivity index is 1.21. The third-order valence-electron chi connectivity index (χ3n) is 6.93. The fourth-order valence-electron chi connectivity index (χ4n) is 5.27. The number of amides is 2. The van der Waals surface area contributed by atoms with E-state index in [0.29, 0.717) is 12.1 Å². The second-order valence-corrected chi connectivity index (χ2v) is 8.57. The molecule has 0 bridgehead atoms. The van der Waals surface area contributed by atoms with E-state index >= 15 is 0 Å². The smallest absolute Gasteiger partial charge is 0.317 e. The first-order valence-electron chi connectivity index (χ1n) is 10.7. The summed E-state index contributed by atoms with van der Waals surface area (Å²) in [5, 5.41) is 3.34. The van der Waals surface area contributed by atoms with Gasteiger partial charge < -0.3 is 15.0 Å². The van der Waals surface area contributed by atoms with Crippen molar-refractivity contribution in [2.24, 2.45) is 11.8 Å². The summed E-state index contributed by atoms with van der Waals surface area (Å²) in [6.07, 6.45) is 11.6. The van der Waals surface area contributed by atoms with E-state index in [9.17, 15) is 4.79 Å². The zero-order valence-electron chi connectivity index (χ0n) is 15.6. The molecule has 2 atom stereocenters. The molecule has 2 aliphatic carbocycles. The Bertz CT molecular complexity index is 446. The molecule has 5 heteroatoms. The fourth-order valence-corrected chi connectivity index (χ4v) is 5.27. The van der Waals surface area contributed by atoms with E-state index in [1.165, 1.54) is 38.5 Å². The van der Waals surface area contributed by atoms with Crippen LogP contribution in [-0.2, 0) is 4.74 Å². The lowest BCUT2D eigenvalue weighted by Crippen LogP contribution is -2.45. The molecule has 2 amide bonds. The van der Waals surface area contributed by atoms with Crippen LogP contribution in [0.25, 0.3) is 0 Å². The Morgan fingerprint density at radius 3 is 2.48 bits per heavy atom. The first-order valence-corrected chi connectivity index (χ1v) is 10.7. The van der Waals surface area contributed by atoms with E-state index in [1.807, 2.05) is 0 Å². The number of nitrogens with one attached hydrogen (secondary N) is 1. The van der Waals surface area contributed by atoms with E-state index in [1.54, 1.807) is 0 Å². The molecule has 4 rings (SSSR count). The number of rotatable bonds is 3. The predicted molar refractivity (Wildman–Crippen MR) is 98.6 cm³/mol. The van der Waals surface area contributed by atoms with Gasteiger partial charge in [0.05, 0.1) is 0 Å². The van der Waals surface area contributed by atoms with E-state index in [0.717, 1.165) is 70.5 Å². The Labute approximate surface area is 152 Å². The maximum Gasteiger partial charge on any atom is 0.317 e. The van der Waals surface area contributed by atoms with Crippen LogP contribution in [0.15, 0.2) is 0 Å². The van der Waals surface area contributed by atoms with Crippen molar-refractivity contribution in [1.82, 2.24) is 15.1 Å². The summed E-state index contributed by atoms with van der Waals surface area (Å²) in [5.41, 5.74) is 0. The third-order valence-corrected chi connectivity index (χ3v) is 6.93. The molecule has 2 aliphatic heterocycles. The molecule has 5 nitrogen and oxygen atoms in total. The molecule has 2 unspecified atom stereocenters. The quantitative estimate of drug-likeness (QED) is 0.852. The molecule has 0 radical (unpaired) electrons. The van der Waals surface area contributed by atoms with E-state index in [2.05, 4.69) is 15.1 Å². The standard InChI is InChI=1S/C20H35N3O2/c24-20(21-19-15-18(19)16-5-2-1-3-6-16)23-10-4-9-22(11-12-23)17-7-13-25-14-8-17/h16-19H,1-15H2,(H,21,24). The van der Waals surface area contributed by atoms with Crippen LogP contribution in [0.4, 0.5) is 4.79 Å². The third kappa shape index (κ3) is 4.48. The average molecular weight is 350 g/mol. The second-order valence-electron chi connectivity index (χ2n) is 8.57. The van der Waals surface area contributed by atoms with Crippen LogP contribution in [0.1, 0.15) is 57.8 Å². The highest BCUT2D eigenvalue weighted by Crippen LogP contribution is 2.44. The molecule has 1 N–H and O–H groups in total. The number of ether oxygens (including phenoxy) is 1. The van der Waals surface area contributed by atoms with Crippen LogP contribution in [0.5, 0.6) is 0 Å². The van der Waals surface area contributed by atoms with Gasteiger partial charge in [-0.15, -0.1) is 0 Å². The molecule has 2 saturated heterocycles. The number of carbonyl (C=O) groups excluding carboxylic acids is 1. The minimum Gasteiger partial charge on any atom is -0.381 e. The number of urea groups is 1. The lowest BCUT2D eigenvalue weighted by molar-refractivity contribution is 0.0356. The predicted octanol–water partition coefficient (Wildman–Crippen LogP) is 2.85. The highest BCUT2D eigenvalue weighted by Gasteiger charge is 2.44. The monoisotopic (exact) mass is 349 g/mol. The Morgan fingerprint density at radius 1 is 0.880 bits per heavy atom. The van der Waals surface area contributed by atoms with Crippen molar-refractivity contribution in [2.75, 3.05) is 39.4 Å². The highest BCUT2D eigenvalue weighted by atomic mass is 16.5. The summed E-state index contributed by atoms with van der Waals surface area (Å²) >= 11 is 0. The highest BCUT2D eigenvalue weighted by molar-refractivity contribution is 5.75. The Morgan fingerprint density at radius 2 is 1.68 bits per heavy atom. The molecule has 2 saturated carbocycles. The summed E-state index contributed by atoms with van der Waals surface area (Å²) < 4.78 is 5.49. The van der Waals surface area contributed by atoms with Crippen molar-refractivity contribution in [3.63, 3.8) is 0 Å². The van der Waals surface area contributed by atoms with Gasteiger partial charge in [0.15, 0.2) is 0 Å². The summed E-state index contributed by atoms with van der Waals surface area (Å²) in [6, 6.07) is 1.32. The number of carbonyl (C=O) groups is 1. The zero-order chi connectivity index (χ0) is 17.1. The van der Waals surface area contributed by atoms with Gasteiger partial charge in [0, 0.05) is 51.5 Å². The molecule has 4 fully saturated rings. The van der Waals surface area contributed by atoms with Crippen LogP contribution in [-0.4, -0.2) is 67.3 Å². The maximum atomic E-state index is 12.7. The fraction of sp³-hybridized carbons (Fsp3) is 0.950. The van der Waals surface area contributed by atoms with Gasteiger partial charge in [-0.2, -0.15) is 0 Å². The van der Waals surface area contributed by atoms with E-state index in [-0.39, 0.29) is 6.03 Å². The number of nitrogens with zero attached hydrogens (tertiary/aromatic N) is 2. The minimum absolute atomic E-state index is 0.192. The molecule has 4 aliphatic rings. The Kier molecular flexibility index (Phi) is 5.81. The van der Waals surface area contributed by atoms with Crippen LogP contribution in [0.3, 0.4) is 0 Å². The van der Waals surface area contributed by atoms with Crippen molar-refractivity contribution in [3.05, 3.63) is 0 Å². The summed E-state index contributed by atoms with van der Waals surface area (Å²) in [4.78, 5) is 17.3. The molecule has 0 aromatic carbocycles. The lowest BCUT2D eigenvalue weighted by atomic mass is 9.85. The van der Waals surface area contributed by atoms with Crippen LogP contribution in [0, 0.1) is 11.8 Å². The summed E-state index contributed by atoms with van der Waals surface area (Å²) in [6.45, 7) is 5.74. The van der Waals surface area contributed by atoms with Crippen molar-refractivity contribution >= 4 is 6.03 Å². The van der Waals surface area contributed by atoms with Crippen molar-refractivity contribution < 1.29 is 9.53 Å². The molecule has 142 valence electrons. The van der Waals surface area contributed by atoms with Crippen LogP contribution < -0.4 is 5.32 Å². The van der Waals surface area contributed by atoms with Gasteiger partial charge in [0.25, 0.3) is 0 Å². The van der Waals surface area contributed by atoms with E-state index < -0.39 is 0 Å². The topological polar surface area (TPSA) is 44.8 Å². The molecular weight excluding hydrogens is 314 g/mol. The zero-order valence-corrected chi connectivity index (χ0v) is 15.6. The molecule has 0 aromatic rings. The maximum absolute atomic E-state index is 12.7. The molecule has 0 aromatic heterocycles. The van der Waals surface area contributed by atoms with Crippen LogP contribution in [0.2, 0.25) is 0 Å². The number of hydrogen-bond acceptors (Lipinski definition) is 3. The largest absolute Gasteiger partial charge is 0.381 e. The van der Waals surface area contributed by atoms with Gasteiger partial charge in [-0.3, -0.25) is 4.90 Å². The van der Waals surface area contributed by atoms with Crippen molar-refractivity contribution in [1.29, 1.82) is 0 Å². The minimum atomic E-state index is 0.192. The van der Waals surface area contributed by atoms with Gasteiger partial charge in [-0.25, -0.2) is 4.79 Å². The SMILES string of the molecule is O=C(NC1CC1C1CCCCC1)N1CCCN(C2CCOCC2)CC1. The first kappa shape index (κ1) is 17.6. The van der Waals surface area contributed by atoms with Gasteiger partial charge in [0.2, 0.25) is 0 Å². The molecule has 2 heterocycles. The molecule has 25 heavy (non-hydrogen) atoms.